The van der Waals surface area contributed by atoms with E-state index < -0.39 is 23.7 Å². The topological polar surface area (TPSA) is 72.5 Å². The minimum atomic E-state index is -3.90. The first kappa shape index (κ1) is 14.8. The van der Waals surface area contributed by atoms with Crippen molar-refractivity contribution < 1.29 is 23.4 Å². The molecular formula is C11H12BrF2NO3. The molecule has 100 valence electrons. The molecule has 0 amide bonds. The molecular weight excluding hydrogens is 312 g/mol. The lowest BCUT2D eigenvalue weighted by molar-refractivity contribution is -0.174. The number of rotatable bonds is 4. The van der Waals surface area contributed by atoms with Crippen LogP contribution in [-0.2, 0) is 9.53 Å². The van der Waals surface area contributed by atoms with Gasteiger partial charge < -0.3 is 15.6 Å². The van der Waals surface area contributed by atoms with Crippen molar-refractivity contribution in [1.82, 2.24) is 0 Å². The summed E-state index contributed by atoms with van der Waals surface area (Å²) in [6.07, 6.45) is 0. The maximum Gasteiger partial charge on any atom is 0.379 e. The molecule has 18 heavy (non-hydrogen) atoms. The molecule has 0 aliphatic carbocycles. The molecule has 0 radical (unpaired) electrons. The van der Waals surface area contributed by atoms with Crippen molar-refractivity contribution in [1.29, 1.82) is 0 Å². The number of hydrogen-bond acceptors (Lipinski definition) is 4. The largest absolute Gasteiger partial charge is 0.508 e. The highest BCUT2D eigenvalue weighted by molar-refractivity contribution is 9.10. The molecule has 0 spiro atoms. The second kappa shape index (κ2) is 5.62. The summed E-state index contributed by atoms with van der Waals surface area (Å²) < 4.78 is 32.0. The first-order chi connectivity index (χ1) is 8.30. The number of phenolic OH excluding ortho intramolecular Hbond substituents is 1. The summed E-state index contributed by atoms with van der Waals surface area (Å²) in [5.41, 5.74) is 5.10. The van der Waals surface area contributed by atoms with Crippen LogP contribution in [0.2, 0.25) is 0 Å². The van der Waals surface area contributed by atoms with Gasteiger partial charge in [-0.3, -0.25) is 0 Å². The predicted molar refractivity (Wildman–Crippen MR) is 64.3 cm³/mol. The molecule has 4 nitrogen and oxygen atoms in total. The summed E-state index contributed by atoms with van der Waals surface area (Å²) in [6.45, 7) is 1.24. The lowest BCUT2D eigenvalue weighted by Gasteiger charge is -2.22. The normalized spacial score (nSPS) is 13.2. The number of carbonyl (C=O) groups is 1. The second-order valence-electron chi connectivity index (χ2n) is 3.52. The average molecular weight is 324 g/mol. The smallest absolute Gasteiger partial charge is 0.379 e. The Morgan fingerprint density at radius 2 is 2.22 bits per heavy atom. The van der Waals surface area contributed by atoms with Crippen LogP contribution < -0.4 is 5.73 Å². The average Bonchev–Trinajstić information content (AvgIpc) is 2.28. The molecule has 0 aromatic heterocycles. The standard InChI is InChI=1S/C11H12BrF2NO3/c1-2-18-10(17)11(13,14)9(15)7-4-3-6(12)5-8(7)16/h3-5,9,16H,2,15H2,1H3/t9-/m1/s1. The Morgan fingerprint density at radius 3 is 2.72 bits per heavy atom. The van der Waals surface area contributed by atoms with Gasteiger partial charge in [-0.1, -0.05) is 22.0 Å². The Labute approximate surface area is 111 Å². The Hall–Kier alpha value is -1.21. The Kier molecular flexibility index (Phi) is 4.64. The van der Waals surface area contributed by atoms with Gasteiger partial charge in [0.05, 0.1) is 6.61 Å². The number of hydrogen-bond donors (Lipinski definition) is 2. The molecule has 1 aromatic carbocycles. The lowest BCUT2D eigenvalue weighted by atomic mass is 10.0. The highest BCUT2D eigenvalue weighted by Gasteiger charge is 2.48. The first-order valence-electron chi connectivity index (χ1n) is 5.09. The van der Waals surface area contributed by atoms with Gasteiger partial charge in [-0.15, -0.1) is 0 Å². The number of esters is 1. The molecule has 0 fully saturated rings. The van der Waals surface area contributed by atoms with E-state index in [2.05, 4.69) is 20.7 Å². The quantitative estimate of drug-likeness (QED) is 0.834. The number of halogens is 3. The van der Waals surface area contributed by atoms with E-state index >= 15 is 0 Å². The zero-order valence-electron chi connectivity index (χ0n) is 9.49. The first-order valence-corrected chi connectivity index (χ1v) is 5.89. The fourth-order valence-electron chi connectivity index (χ4n) is 1.33. The van der Waals surface area contributed by atoms with Crippen LogP contribution in [0.15, 0.2) is 22.7 Å². The van der Waals surface area contributed by atoms with Gasteiger partial charge >= 0.3 is 11.9 Å². The van der Waals surface area contributed by atoms with Gasteiger partial charge in [-0.05, 0) is 19.1 Å². The van der Waals surface area contributed by atoms with E-state index in [-0.39, 0.29) is 12.2 Å². The summed E-state index contributed by atoms with van der Waals surface area (Å²) in [5, 5.41) is 9.54. The SMILES string of the molecule is CCOC(=O)C(F)(F)[C@H](N)c1ccc(Br)cc1O. The fraction of sp³-hybridized carbons (Fsp3) is 0.364. The number of phenols is 1. The molecule has 0 unspecified atom stereocenters. The van der Waals surface area contributed by atoms with Crippen molar-refractivity contribution in [2.75, 3.05) is 6.61 Å². The maximum absolute atomic E-state index is 13.6. The number of carbonyl (C=O) groups excluding carboxylic acids is 1. The molecule has 3 N–H and O–H groups in total. The number of ether oxygens (including phenoxy) is 1. The van der Waals surface area contributed by atoms with E-state index in [1.807, 2.05) is 0 Å². The second-order valence-corrected chi connectivity index (χ2v) is 4.44. The van der Waals surface area contributed by atoms with Gasteiger partial charge in [0.25, 0.3) is 0 Å². The van der Waals surface area contributed by atoms with Crippen LogP contribution in [0.4, 0.5) is 8.78 Å². The third kappa shape index (κ3) is 2.97. The zero-order chi connectivity index (χ0) is 13.9. The summed E-state index contributed by atoms with van der Waals surface area (Å²) >= 11 is 3.07. The van der Waals surface area contributed by atoms with Crippen molar-refractivity contribution in [3.8, 4) is 5.75 Å². The van der Waals surface area contributed by atoms with Gasteiger partial charge in [0.15, 0.2) is 0 Å². The molecule has 1 atom stereocenters. The molecule has 0 heterocycles. The van der Waals surface area contributed by atoms with E-state index in [1.54, 1.807) is 0 Å². The maximum atomic E-state index is 13.6. The molecule has 0 saturated carbocycles. The highest BCUT2D eigenvalue weighted by Crippen LogP contribution is 2.36. The van der Waals surface area contributed by atoms with Crippen LogP contribution in [0, 0.1) is 0 Å². The van der Waals surface area contributed by atoms with E-state index in [0.717, 1.165) is 0 Å². The van der Waals surface area contributed by atoms with Crippen molar-refractivity contribution in [2.45, 2.75) is 18.9 Å². The monoisotopic (exact) mass is 323 g/mol. The van der Waals surface area contributed by atoms with Crippen LogP contribution in [0.25, 0.3) is 0 Å². The minimum Gasteiger partial charge on any atom is -0.508 e. The molecule has 1 rings (SSSR count). The summed E-state index contributed by atoms with van der Waals surface area (Å²) in [7, 11) is 0. The van der Waals surface area contributed by atoms with E-state index in [0.29, 0.717) is 4.47 Å². The van der Waals surface area contributed by atoms with Crippen LogP contribution in [-0.4, -0.2) is 23.6 Å². The highest BCUT2D eigenvalue weighted by atomic mass is 79.9. The van der Waals surface area contributed by atoms with E-state index in [9.17, 15) is 18.7 Å². The fourth-order valence-corrected chi connectivity index (χ4v) is 1.68. The Balaban J connectivity index is 3.05. The van der Waals surface area contributed by atoms with Gasteiger partial charge in [0.2, 0.25) is 0 Å². The predicted octanol–water partition coefficient (Wildman–Crippen LogP) is 2.35. The summed E-state index contributed by atoms with van der Waals surface area (Å²) in [4.78, 5) is 11.1. The molecule has 0 saturated heterocycles. The molecule has 0 aliphatic rings. The van der Waals surface area contributed by atoms with Crippen LogP contribution in [0.5, 0.6) is 5.75 Å². The molecule has 1 aromatic rings. The summed E-state index contributed by atoms with van der Waals surface area (Å²) in [5.74, 6) is -6.03. The number of nitrogens with two attached hydrogens (primary N) is 1. The third-order valence-electron chi connectivity index (χ3n) is 2.27. The van der Waals surface area contributed by atoms with Crippen LogP contribution in [0.3, 0.4) is 0 Å². The molecule has 0 aliphatic heterocycles. The third-order valence-corrected chi connectivity index (χ3v) is 2.76. The summed E-state index contributed by atoms with van der Waals surface area (Å²) in [6, 6.07) is 1.91. The van der Waals surface area contributed by atoms with E-state index in [1.165, 1.54) is 25.1 Å². The zero-order valence-corrected chi connectivity index (χ0v) is 11.1. The van der Waals surface area contributed by atoms with Crippen LogP contribution in [0.1, 0.15) is 18.5 Å². The lowest BCUT2D eigenvalue weighted by Crippen LogP contribution is -2.41. The number of benzene rings is 1. The molecule has 0 bridgehead atoms. The van der Waals surface area contributed by atoms with Crippen molar-refractivity contribution in [3.63, 3.8) is 0 Å². The van der Waals surface area contributed by atoms with Crippen molar-refractivity contribution >= 4 is 21.9 Å². The van der Waals surface area contributed by atoms with Crippen molar-refractivity contribution in [2.24, 2.45) is 5.73 Å². The number of aromatic hydroxyl groups is 1. The van der Waals surface area contributed by atoms with Gasteiger partial charge in [0.1, 0.15) is 11.8 Å². The van der Waals surface area contributed by atoms with Gasteiger partial charge in [-0.2, -0.15) is 8.78 Å². The molecule has 7 heteroatoms. The Morgan fingerprint density at radius 1 is 1.61 bits per heavy atom. The number of alkyl halides is 2. The van der Waals surface area contributed by atoms with Gasteiger partial charge in [0, 0.05) is 10.0 Å². The van der Waals surface area contributed by atoms with Gasteiger partial charge in [-0.25, -0.2) is 4.79 Å². The van der Waals surface area contributed by atoms with E-state index in [4.69, 9.17) is 5.73 Å². The van der Waals surface area contributed by atoms with Crippen molar-refractivity contribution in [3.05, 3.63) is 28.2 Å². The Bertz CT molecular complexity index is 454. The van der Waals surface area contributed by atoms with Crippen LogP contribution >= 0.6 is 15.9 Å². The minimum absolute atomic E-state index is 0.173.